The molecule has 4 nitrogen and oxygen atoms in total. The Bertz CT molecular complexity index is 455. The third kappa shape index (κ3) is 2.42. The Kier molecular flexibility index (Phi) is 3.12. The number of hydrogen-bond acceptors (Lipinski definition) is 4. The van der Waals surface area contributed by atoms with E-state index in [2.05, 4.69) is 5.32 Å². The zero-order valence-electron chi connectivity index (χ0n) is 9.90. The molecule has 2 aliphatic rings. The molecule has 0 aromatic heterocycles. The Morgan fingerprint density at radius 1 is 1.33 bits per heavy atom. The van der Waals surface area contributed by atoms with Crippen molar-refractivity contribution >= 4 is 24.2 Å². The van der Waals surface area contributed by atoms with Gasteiger partial charge in [0.2, 0.25) is 0 Å². The summed E-state index contributed by atoms with van der Waals surface area (Å²) in [6, 6.07) is 5.20. The molecular formula is C12H15BClNO3. The summed E-state index contributed by atoms with van der Waals surface area (Å²) in [6.45, 7) is 1.45. The minimum absolute atomic E-state index is 0.0624. The fourth-order valence-electron chi connectivity index (χ4n) is 2.34. The Hall–Kier alpha value is -0.585. The normalized spacial score (nSPS) is 25.2. The van der Waals surface area contributed by atoms with Gasteiger partial charge in [-0.3, -0.25) is 0 Å². The van der Waals surface area contributed by atoms with E-state index in [9.17, 15) is 10.0 Å². The molecule has 1 aliphatic carbocycles. The minimum atomic E-state index is -1.50. The average Bonchev–Trinajstić information content (AvgIpc) is 3.09. The van der Waals surface area contributed by atoms with E-state index in [1.807, 2.05) is 6.07 Å². The van der Waals surface area contributed by atoms with Crippen LogP contribution in [0.1, 0.15) is 24.4 Å². The van der Waals surface area contributed by atoms with Crippen LogP contribution in [0.2, 0.25) is 5.02 Å². The van der Waals surface area contributed by atoms with Gasteiger partial charge < -0.3 is 20.1 Å². The average molecular weight is 268 g/mol. The van der Waals surface area contributed by atoms with Crippen LogP contribution in [0.4, 0.5) is 0 Å². The topological polar surface area (TPSA) is 61.7 Å². The molecule has 18 heavy (non-hydrogen) atoms. The number of nitrogens with one attached hydrogen (secondary N) is 1. The molecule has 96 valence electrons. The lowest BCUT2D eigenvalue weighted by atomic mass is 9.79. The molecule has 1 spiro atoms. The molecule has 0 bridgehead atoms. The van der Waals surface area contributed by atoms with Gasteiger partial charge in [0.15, 0.2) is 0 Å². The largest absolute Gasteiger partial charge is 0.488 e. The van der Waals surface area contributed by atoms with Crippen molar-refractivity contribution in [2.24, 2.45) is 0 Å². The molecule has 1 saturated heterocycles. The first-order valence-electron chi connectivity index (χ1n) is 6.12. The van der Waals surface area contributed by atoms with Gasteiger partial charge in [-0.15, -0.1) is 0 Å². The number of hydrogen-bond donors (Lipinski definition) is 3. The number of rotatable bonds is 2. The Morgan fingerprint density at radius 2 is 2.11 bits per heavy atom. The maximum absolute atomic E-state index is 9.21. The molecule has 1 atom stereocenters. The van der Waals surface area contributed by atoms with Crippen LogP contribution < -0.4 is 10.8 Å². The molecular weight excluding hydrogens is 252 g/mol. The molecule has 0 amide bonds. The molecule has 0 radical (unpaired) electrons. The van der Waals surface area contributed by atoms with Gasteiger partial charge in [-0.25, -0.2) is 0 Å². The second-order valence-electron chi connectivity index (χ2n) is 5.12. The summed E-state index contributed by atoms with van der Waals surface area (Å²) >= 11 is 5.99. The van der Waals surface area contributed by atoms with Crippen LogP contribution in [0.25, 0.3) is 0 Å². The minimum Gasteiger partial charge on any atom is -0.423 e. The smallest absolute Gasteiger partial charge is 0.423 e. The van der Waals surface area contributed by atoms with Crippen molar-refractivity contribution in [3.8, 4) is 0 Å². The lowest BCUT2D eigenvalue weighted by molar-refractivity contribution is -0.0150. The first-order chi connectivity index (χ1) is 8.58. The highest BCUT2D eigenvalue weighted by Crippen LogP contribution is 2.42. The lowest BCUT2D eigenvalue weighted by Gasteiger charge is -2.31. The molecule has 1 heterocycles. The molecule has 3 rings (SSSR count). The Morgan fingerprint density at radius 3 is 2.67 bits per heavy atom. The van der Waals surface area contributed by atoms with Crippen LogP contribution in [0, 0.1) is 0 Å². The standard InChI is InChI=1S/C12H15BClNO3/c14-10-4-8(3-9(5-10)13(16)17)11-6-18-12(1-2-12)7-15-11/h3-5,11,15-17H,1-2,6-7H2. The third-order valence-electron chi connectivity index (χ3n) is 3.68. The van der Waals surface area contributed by atoms with E-state index >= 15 is 0 Å². The second kappa shape index (κ2) is 4.51. The number of ether oxygens (including phenoxy) is 1. The van der Waals surface area contributed by atoms with Crippen molar-refractivity contribution in [2.45, 2.75) is 24.5 Å². The summed E-state index contributed by atoms with van der Waals surface area (Å²) in [4.78, 5) is 0. The highest BCUT2D eigenvalue weighted by molar-refractivity contribution is 6.59. The number of morpholine rings is 1. The van der Waals surface area contributed by atoms with E-state index in [0.717, 1.165) is 24.9 Å². The zero-order valence-corrected chi connectivity index (χ0v) is 10.7. The molecule has 1 saturated carbocycles. The van der Waals surface area contributed by atoms with Gasteiger partial charge in [0, 0.05) is 11.6 Å². The number of benzene rings is 1. The molecule has 1 aromatic carbocycles. The first kappa shape index (κ1) is 12.4. The predicted molar refractivity (Wildman–Crippen MR) is 69.9 cm³/mol. The Labute approximate surface area is 111 Å². The fourth-order valence-corrected chi connectivity index (χ4v) is 2.59. The van der Waals surface area contributed by atoms with E-state index in [-0.39, 0.29) is 11.6 Å². The Balaban J connectivity index is 1.79. The van der Waals surface area contributed by atoms with Gasteiger partial charge in [-0.2, -0.15) is 0 Å². The van der Waals surface area contributed by atoms with E-state index in [4.69, 9.17) is 16.3 Å². The summed E-state index contributed by atoms with van der Waals surface area (Å²) in [5.74, 6) is 0. The van der Waals surface area contributed by atoms with Crippen molar-refractivity contribution in [3.05, 3.63) is 28.8 Å². The van der Waals surface area contributed by atoms with Crippen LogP contribution >= 0.6 is 11.6 Å². The van der Waals surface area contributed by atoms with Gasteiger partial charge in [0.05, 0.1) is 18.2 Å². The van der Waals surface area contributed by atoms with Crippen LogP contribution in [-0.2, 0) is 4.74 Å². The maximum atomic E-state index is 9.21. The van der Waals surface area contributed by atoms with Crippen molar-refractivity contribution in [1.82, 2.24) is 5.32 Å². The first-order valence-corrected chi connectivity index (χ1v) is 6.50. The molecule has 3 N–H and O–H groups in total. The van der Waals surface area contributed by atoms with Crippen molar-refractivity contribution < 1.29 is 14.8 Å². The van der Waals surface area contributed by atoms with Gasteiger partial charge >= 0.3 is 7.12 Å². The highest BCUT2D eigenvalue weighted by atomic mass is 35.5. The summed E-state index contributed by atoms with van der Waals surface area (Å²) in [6.07, 6.45) is 2.26. The molecule has 1 aliphatic heterocycles. The fraction of sp³-hybridized carbons (Fsp3) is 0.500. The van der Waals surface area contributed by atoms with Gasteiger partial charge in [-0.05, 0) is 36.0 Å². The molecule has 6 heteroatoms. The maximum Gasteiger partial charge on any atom is 0.488 e. The van der Waals surface area contributed by atoms with Gasteiger partial charge in [-0.1, -0.05) is 17.7 Å². The van der Waals surface area contributed by atoms with Crippen molar-refractivity contribution in [1.29, 1.82) is 0 Å². The quantitative estimate of drug-likeness (QED) is 0.671. The van der Waals surface area contributed by atoms with Crippen molar-refractivity contribution in [3.63, 3.8) is 0 Å². The van der Waals surface area contributed by atoms with Crippen LogP contribution in [0.3, 0.4) is 0 Å². The summed E-state index contributed by atoms with van der Waals surface area (Å²) < 4.78 is 5.85. The molecule has 2 fully saturated rings. The predicted octanol–water partition coefficient (Wildman–Crippen LogP) is 0.213. The van der Waals surface area contributed by atoms with Crippen LogP contribution in [0.5, 0.6) is 0 Å². The van der Waals surface area contributed by atoms with Crippen LogP contribution in [0.15, 0.2) is 18.2 Å². The van der Waals surface area contributed by atoms with Crippen LogP contribution in [-0.4, -0.2) is 35.9 Å². The summed E-state index contributed by atoms with van der Waals surface area (Å²) in [5, 5.41) is 22.4. The summed E-state index contributed by atoms with van der Waals surface area (Å²) in [5.41, 5.74) is 1.42. The van der Waals surface area contributed by atoms with Gasteiger partial charge in [0.25, 0.3) is 0 Å². The molecule has 1 unspecified atom stereocenters. The summed E-state index contributed by atoms with van der Waals surface area (Å²) in [7, 11) is -1.50. The van der Waals surface area contributed by atoms with Gasteiger partial charge in [0.1, 0.15) is 0 Å². The van der Waals surface area contributed by atoms with E-state index < -0.39 is 7.12 Å². The van der Waals surface area contributed by atoms with E-state index in [1.54, 1.807) is 12.1 Å². The lowest BCUT2D eigenvalue weighted by Crippen LogP contribution is -2.43. The third-order valence-corrected chi connectivity index (χ3v) is 3.90. The second-order valence-corrected chi connectivity index (χ2v) is 5.56. The highest BCUT2D eigenvalue weighted by Gasteiger charge is 2.46. The monoisotopic (exact) mass is 267 g/mol. The number of halogens is 1. The molecule has 1 aromatic rings. The van der Waals surface area contributed by atoms with E-state index in [0.29, 0.717) is 17.1 Å². The SMILES string of the molecule is OB(O)c1cc(Cl)cc(C2COC3(CC3)CN2)c1. The van der Waals surface area contributed by atoms with E-state index in [1.165, 1.54) is 0 Å². The van der Waals surface area contributed by atoms with Crippen molar-refractivity contribution in [2.75, 3.05) is 13.2 Å². The zero-order chi connectivity index (χ0) is 12.8.